The molecular formula is C32H31FN2O7. The van der Waals surface area contributed by atoms with E-state index in [0.717, 1.165) is 5.56 Å². The number of methoxy groups -OCH3 is 1. The van der Waals surface area contributed by atoms with Crippen molar-refractivity contribution >= 4 is 18.1 Å². The molecule has 2 amide bonds. The number of hydrogen-bond acceptors (Lipinski definition) is 7. The van der Waals surface area contributed by atoms with E-state index in [2.05, 4.69) is 5.32 Å². The van der Waals surface area contributed by atoms with Crippen molar-refractivity contribution in [1.82, 2.24) is 10.2 Å². The molecule has 2 aliphatic rings. The summed E-state index contributed by atoms with van der Waals surface area (Å²) >= 11 is 0. The number of aldehydes is 1. The summed E-state index contributed by atoms with van der Waals surface area (Å²) in [5, 5.41) is 23.8. The number of nitrogens with one attached hydrogen (secondary N) is 1. The van der Waals surface area contributed by atoms with Gasteiger partial charge in [0.05, 0.1) is 32.1 Å². The summed E-state index contributed by atoms with van der Waals surface area (Å²) in [6.45, 7) is -0.279. The number of carbonyl (C=O) groups excluding carboxylic acids is 3. The van der Waals surface area contributed by atoms with E-state index in [1.54, 1.807) is 24.3 Å². The van der Waals surface area contributed by atoms with Gasteiger partial charge in [0, 0.05) is 29.8 Å². The lowest BCUT2D eigenvalue weighted by atomic mass is 9.77. The van der Waals surface area contributed by atoms with Crippen molar-refractivity contribution in [3.05, 3.63) is 106 Å². The summed E-state index contributed by atoms with van der Waals surface area (Å²) in [6.07, 6.45) is -0.0670. The maximum absolute atomic E-state index is 13.8. The molecule has 1 aliphatic heterocycles. The first kappa shape index (κ1) is 29.0. The lowest BCUT2D eigenvalue weighted by Gasteiger charge is -2.41. The topological polar surface area (TPSA) is 125 Å². The number of benzene rings is 3. The van der Waals surface area contributed by atoms with Crippen LogP contribution < -0.4 is 14.8 Å². The highest BCUT2D eigenvalue weighted by atomic mass is 19.1. The average Bonchev–Trinajstić information content (AvgIpc) is 3.40. The summed E-state index contributed by atoms with van der Waals surface area (Å²) in [4.78, 5) is 40.5. The van der Waals surface area contributed by atoms with Gasteiger partial charge in [-0.2, -0.15) is 0 Å². The number of aliphatic hydroxyl groups is 2. The molecule has 3 aromatic rings. The number of rotatable bonds is 10. The predicted molar refractivity (Wildman–Crippen MR) is 151 cm³/mol. The number of ether oxygens (including phenoxy) is 2. The molecule has 218 valence electrons. The van der Waals surface area contributed by atoms with Gasteiger partial charge in [0.15, 0.2) is 11.5 Å². The van der Waals surface area contributed by atoms with Crippen LogP contribution in [0.5, 0.6) is 11.5 Å². The standard InChI is InChI=1S/C32H31FN2O7/c1-41-26-14-21(18-37)13-23-28-24(32(40)34-11-12-36)16-25(29(39)31(28)42-30(23)26)35(17-20-7-9-22(33)10-8-20)27(38)15-19-5-3-2-4-6-19/h2-10,13-14,16,18,25,28-29,31,36,39H,11-12,15,17H2,1H3,(H,34,40). The summed E-state index contributed by atoms with van der Waals surface area (Å²) in [5.41, 5.74) is 2.39. The number of amides is 2. The van der Waals surface area contributed by atoms with Gasteiger partial charge in [-0.25, -0.2) is 4.39 Å². The normalized spacial score (nSPS) is 20.4. The van der Waals surface area contributed by atoms with Crippen LogP contribution in [0.2, 0.25) is 0 Å². The molecule has 4 atom stereocenters. The first-order chi connectivity index (χ1) is 20.3. The molecule has 0 radical (unpaired) electrons. The van der Waals surface area contributed by atoms with Crippen molar-refractivity contribution in [3.63, 3.8) is 0 Å². The van der Waals surface area contributed by atoms with Crippen molar-refractivity contribution in [2.75, 3.05) is 20.3 Å². The van der Waals surface area contributed by atoms with E-state index in [4.69, 9.17) is 9.47 Å². The zero-order chi connectivity index (χ0) is 29.8. The molecule has 10 heteroatoms. The molecular weight excluding hydrogens is 543 g/mol. The van der Waals surface area contributed by atoms with E-state index in [-0.39, 0.29) is 43.3 Å². The lowest BCUT2D eigenvalue weighted by molar-refractivity contribution is -0.137. The molecule has 0 bridgehead atoms. The third kappa shape index (κ3) is 5.77. The van der Waals surface area contributed by atoms with Gasteiger partial charge in [-0.15, -0.1) is 0 Å². The van der Waals surface area contributed by atoms with Crippen molar-refractivity contribution in [2.45, 2.75) is 37.1 Å². The lowest BCUT2D eigenvalue weighted by Crippen LogP contribution is -2.55. The van der Waals surface area contributed by atoms with Crippen LogP contribution in [0.3, 0.4) is 0 Å². The first-order valence-corrected chi connectivity index (χ1v) is 13.5. The van der Waals surface area contributed by atoms with Crippen LogP contribution in [0.15, 0.2) is 78.4 Å². The second-order valence-corrected chi connectivity index (χ2v) is 10.2. The number of aliphatic hydroxyl groups excluding tert-OH is 2. The van der Waals surface area contributed by atoms with Gasteiger partial charge >= 0.3 is 0 Å². The second-order valence-electron chi connectivity index (χ2n) is 10.2. The zero-order valence-corrected chi connectivity index (χ0v) is 22.9. The van der Waals surface area contributed by atoms with Gasteiger partial charge in [-0.05, 0) is 41.5 Å². The van der Waals surface area contributed by atoms with Crippen LogP contribution in [-0.4, -0.2) is 71.7 Å². The number of hydrogen-bond donors (Lipinski definition) is 3. The molecule has 5 rings (SSSR count). The van der Waals surface area contributed by atoms with Crippen molar-refractivity contribution in [3.8, 4) is 11.5 Å². The number of halogens is 1. The Kier molecular flexibility index (Phi) is 8.65. The van der Waals surface area contributed by atoms with E-state index in [9.17, 15) is 29.0 Å². The van der Waals surface area contributed by atoms with Crippen LogP contribution in [0.1, 0.15) is 33.0 Å². The Morgan fingerprint density at radius 2 is 1.83 bits per heavy atom. The number of fused-ring (bicyclic) bond motifs is 3. The molecule has 0 aromatic heterocycles. The van der Waals surface area contributed by atoms with Crippen LogP contribution in [0.4, 0.5) is 4.39 Å². The highest BCUT2D eigenvalue weighted by molar-refractivity contribution is 5.96. The highest BCUT2D eigenvalue weighted by Crippen LogP contribution is 2.51. The Morgan fingerprint density at radius 1 is 1.10 bits per heavy atom. The van der Waals surface area contributed by atoms with Gasteiger partial charge in [0.2, 0.25) is 11.8 Å². The minimum Gasteiger partial charge on any atom is -0.493 e. The number of carbonyl (C=O) groups is 3. The fourth-order valence-corrected chi connectivity index (χ4v) is 5.58. The molecule has 0 saturated heterocycles. The number of nitrogens with zero attached hydrogens (tertiary/aromatic N) is 1. The summed E-state index contributed by atoms with van der Waals surface area (Å²) in [7, 11) is 1.42. The van der Waals surface area contributed by atoms with Gasteiger partial charge in [0.1, 0.15) is 24.3 Å². The van der Waals surface area contributed by atoms with Gasteiger partial charge in [0.25, 0.3) is 0 Å². The summed E-state index contributed by atoms with van der Waals surface area (Å²) < 4.78 is 25.4. The van der Waals surface area contributed by atoms with Crippen LogP contribution in [-0.2, 0) is 22.6 Å². The minimum absolute atomic E-state index is 0.0155. The fraction of sp³-hybridized carbons (Fsp3) is 0.281. The maximum atomic E-state index is 13.8. The molecule has 0 spiro atoms. The van der Waals surface area contributed by atoms with Crippen LogP contribution in [0, 0.1) is 5.82 Å². The van der Waals surface area contributed by atoms with Gasteiger partial charge in [-0.3, -0.25) is 14.4 Å². The third-order valence-electron chi connectivity index (χ3n) is 7.56. The summed E-state index contributed by atoms with van der Waals surface area (Å²) in [6, 6.07) is 16.9. The van der Waals surface area contributed by atoms with Crippen LogP contribution in [0.25, 0.3) is 0 Å². The Morgan fingerprint density at radius 3 is 2.50 bits per heavy atom. The smallest absolute Gasteiger partial charge is 0.247 e. The Balaban J connectivity index is 1.59. The zero-order valence-electron chi connectivity index (χ0n) is 22.9. The monoisotopic (exact) mass is 574 g/mol. The maximum Gasteiger partial charge on any atom is 0.247 e. The van der Waals surface area contributed by atoms with E-state index in [0.29, 0.717) is 28.7 Å². The van der Waals surface area contributed by atoms with Crippen molar-refractivity contribution in [1.29, 1.82) is 0 Å². The second kappa shape index (κ2) is 12.5. The molecule has 3 N–H and O–H groups in total. The third-order valence-corrected chi connectivity index (χ3v) is 7.56. The van der Waals surface area contributed by atoms with E-state index in [1.807, 2.05) is 30.3 Å². The molecule has 42 heavy (non-hydrogen) atoms. The van der Waals surface area contributed by atoms with E-state index in [1.165, 1.54) is 30.2 Å². The molecule has 1 aliphatic carbocycles. The quantitative estimate of drug-likeness (QED) is 0.318. The predicted octanol–water partition coefficient (Wildman–Crippen LogP) is 2.54. The Bertz CT molecular complexity index is 1490. The van der Waals surface area contributed by atoms with E-state index >= 15 is 0 Å². The molecule has 4 unspecified atom stereocenters. The average molecular weight is 575 g/mol. The van der Waals surface area contributed by atoms with Gasteiger partial charge in [-0.1, -0.05) is 42.5 Å². The highest BCUT2D eigenvalue weighted by Gasteiger charge is 2.51. The summed E-state index contributed by atoms with van der Waals surface area (Å²) in [5.74, 6) is -1.48. The fourth-order valence-electron chi connectivity index (χ4n) is 5.58. The minimum atomic E-state index is -1.29. The van der Waals surface area contributed by atoms with Crippen molar-refractivity contribution in [2.24, 2.45) is 0 Å². The van der Waals surface area contributed by atoms with Crippen molar-refractivity contribution < 1.29 is 38.5 Å². The Labute approximate surface area is 242 Å². The van der Waals surface area contributed by atoms with Gasteiger partial charge < -0.3 is 29.9 Å². The molecule has 0 fully saturated rings. The largest absolute Gasteiger partial charge is 0.493 e. The molecule has 9 nitrogen and oxygen atoms in total. The van der Waals surface area contributed by atoms with Crippen LogP contribution >= 0.6 is 0 Å². The first-order valence-electron chi connectivity index (χ1n) is 13.5. The Hall–Kier alpha value is -4.54. The molecule has 0 saturated carbocycles. The molecule has 3 aromatic carbocycles. The SMILES string of the molecule is COc1cc(C=O)cc2c1OC1C2C(C(=O)NCCO)=CC(N(Cc2ccc(F)cc2)C(=O)Cc2ccccc2)C1O. The van der Waals surface area contributed by atoms with E-state index < -0.39 is 35.9 Å². The molecule has 1 heterocycles.